The minimum atomic E-state index is 0.480. The second kappa shape index (κ2) is 4.67. The monoisotopic (exact) mass is 223 g/mol. The van der Waals surface area contributed by atoms with Crippen LogP contribution >= 0.6 is 11.3 Å². The fourth-order valence-corrected chi connectivity index (χ4v) is 3.18. The van der Waals surface area contributed by atoms with E-state index >= 15 is 0 Å². The van der Waals surface area contributed by atoms with E-state index in [0.717, 1.165) is 6.54 Å². The maximum Gasteiger partial charge on any atom is 0.0216 e. The predicted octanol–water partition coefficient (Wildman–Crippen LogP) is 3.81. The molecule has 1 atom stereocenters. The lowest BCUT2D eigenvalue weighted by molar-refractivity contribution is 0.167. The van der Waals surface area contributed by atoms with Gasteiger partial charge in [0, 0.05) is 12.6 Å². The summed E-state index contributed by atoms with van der Waals surface area (Å²) in [6, 6.07) is 2.92. The Morgan fingerprint density at radius 3 is 3.00 bits per heavy atom. The second-order valence-electron chi connectivity index (χ2n) is 5.30. The Kier molecular flexibility index (Phi) is 3.47. The van der Waals surface area contributed by atoms with Crippen molar-refractivity contribution in [2.45, 2.75) is 52.1 Å². The molecule has 1 saturated carbocycles. The van der Waals surface area contributed by atoms with E-state index in [4.69, 9.17) is 0 Å². The highest BCUT2D eigenvalue weighted by atomic mass is 32.1. The zero-order valence-electron chi connectivity index (χ0n) is 9.75. The van der Waals surface area contributed by atoms with Crippen molar-refractivity contribution in [2.75, 3.05) is 0 Å². The number of thiophene rings is 1. The highest BCUT2D eigenvalue weighted by Crippen LogP contribution is 2.35. The normalized spacial score (nSPS) is 25.3. The molecule has 0 saturated heterocycles. The van der Waals surface area contributed by atoms with Crippen LogP contribution < -0.4 is 5.32 Å². The third kappa shape index (κ3) is 2.82. The zero-order chi connectivity index (χ0) is 10.7. The van der Waals surface area contributed by atoms with Crippen molar-refractivity contribution in [3.63, 3.8) is 0 Å². The van der Waals surface area contributed by atoms with E-state index in [1.807, 2.05) is 0 Å². The van der Waals surface area contributed by atoms with Crippen LogP contribution in [0, 0.1) is 5.41 Å². The molecule has 2 heteroatoms. The predicted molar refractivity (Wildman–Crippen MR) is 67.2 cm³/mol. The largest absolute Gasteiger partial charge is 0.309 e. The minimum Gasteiger partial charge on any atom is -0.309 e. The number of hydrogen-bond donors (Lipinski definition) is 1. The number of rotatable bonds is 3. The summed E-state index contributed by atoms with van der Waals surface area (Å²) < 4.78 is 0. The van der Waals surface area contributed by atoms with E-state index in [2.05, 4.69) is 36.0 Å². The van der Waals surface area contributed by atoms with Crippen LogP contribution in [0.4, 0.5) is 0 Å². The highest BCUT2D eigenvalue weighted by molar-refractivity contribution is 7.07. The molecule has 15 heavy (non-hydrogen) atoms. The molecule has 1 heterocycles. The van der Waals surface area contributed by atoms with E-state index in [-0.39, 0.29) is 0 Å². The summed E-state index contributed by atoms with van der Waals surface area (Å²) in [5, 5.41) is 8.12. The first-order valence-corrected chi connectivity index (χ1v) is 6.87. The standard InChI is InChI=1S/C13H21NS/c1-13(2)7-4-3-5-12(13)14-9-11-6-8-15-10-11/h6,8,10,12,14H,3-5,7,9H2,1-2H3. The molecule has 0 spiro atoms. The topological polar surface area (TPSA) is 12.0 Å². The van der Waals surface area contributed by atoms with Crippen LogP contribution in [0.15, 0.2) is 16.8 Å². The maximum absolute atomic E-state index is 3.72. The van der Waals surface area contributed by atoms with Gasteiger partial charge in [0.25, 0.3) is 0 Å². The summed E-state index contributed by atoms with van der Waals surface area (Å²) in [7, 11) is 0. The van der Waals surface area contributed by atoms with Crippen molar-refractivity contribution < 1.29 is 0 Å². The van der Waals surface area contributed by atoms with Crippen molar-refractivity contribution in [3.8, 4) is 0 Å². The molecule has 0 radical (unpaired) electrons. The Balaban J connectivity index is 1.88. The lowest BCUT2D eigenvalue weighted by Crippen LogP contribution is -2.43. The fourth-order valence-electron chi connectivity index (χ4n) is 2.51. The van der Waals surface area contributed by atoms with Gasteiger partial charge in [-0.2, -0.15) is 11.3 Å². The van der Waals surface area contributed by atoms with Crippen LogP contribution in [0.2, 0.25) is 0 Å². The molecule has 1 unspecified atom stereocenters. The molecule has 1 fully saturated rings. The van der Waals surface area contributed by atoms with Crippen molar-refractivity contribution in [1.29, 1.82) is 0 Å². The van der Waals surface area contributed by atoms with Crippen molar-refractivity contribution >= 4 is 11.3 Å². The maximum atomic E-state index is 3.72. The molecule has 1 N–H and O–H groups in total. The summed E-state index contributed by atoms with van der Waals surface area (Å²) in [6.07, 6.45) is 5.51. The molecule has 1 nitrogen and oxygen atoms in total. The fraction of sp³-hybridized carbons (Fsp3) is 0.692. The molecule has 1 aliphatic rings. The van der Waals surface area contributed by atoms with Gasteiger partial charge in [0.1, 0.15) is 0 Å². The molecule has 1 aromatic heterocycles. The van der Waals surface area contributed by atoms with Crippen molar-refractivity contribution in [1.82, 2.24) is 5.32 Å². The van der Waals surface area contributed by atoms with Gasteiger partial charge in [0.2, 0.25) is 0 Å². The third-order valence-electron chi connectivity index (χ3n) is 3.64. The Hall–Kier alpha value is -0.340. The Labute approximate surface area is 96.9 Å². The van der Waals surface area contributed by atoms with Crippen LogP contribution in [-0.4, -0.2) is 6.04 Å². The van der Waals surface area contributed by atoms with Gasteiger partial charge in [-0.05, 0) is 40.6 Å². The SMILES string of the molecule is CC1(C)CCCCC1NCc1ccsc1. The van der Waals surface area contributed by atoms with E-state index in [1.54, 1.807) is 11.3 Å². The number of nitrogens with one attached hydrogen (secondary N) is 1. The first-order valence-electron chi connectivity index (χ1n) is 5.93. The summed E-state index contributed by atoms with van der Waals surface area (Å²) in [6.45, 7) is 5.84. The molecular weight excluding hydrogens is 202 g/mol. The van der Waals surface area contributed by atoms with E-state index in [0.29, 0.717) is 11.5 Å². The van der Waals surface area contributed by atoms with E-state index in [9.17, 15) is 0 Å². The zero-order valence-corrected chi connectivity index (χ0v) is 10.6. The summed E-state index contributed by atoms with van der Waals surface area (Å²) in [4.78, 5) is 0. The van der Waals surface area contributed by atoms with Gasteiger partial charge in [0.05, 0.1) is 0 Å². The summed E-state index contributed by atoms with van der Waals surface area (Å²) in [5.41, 5.74) is 1.91. The average Bonchev–Trinajstić information content (AvgIpc) is 2.68. The molecular formula is C13H21NS. The third-order valence-corrected chi connectivity index (χ3v) is 4.37. The molecule has 1 aromatic rings. The van der Waals surface area contributed by atoms with Gasteiger partial charge in [0.15, 0.2) is 0 Å². The van der Waals surface area contributed by atoms with E-state index < -0.39 is 0 Å². The van der Waals surface area contributed by atoms with Gasteiger partial charge in [-0.1, -0.05) is 26.7 Å². The smallest absolute Gasteiger partial charge is 0.0216 e. The minimum absolute atomic E-state index is 0.480. The first-order chi connectivity index (χ1) is 7.18. The number of hydrogen-bond acceptors (Lipinski definition) is 2. The summed E-state index contributed by atoms with van der Waals surface area (Å²) >= 11 is 1.79. The van der Waals surface area contributed by atoms with Gasteiger partial charge in [-0.25, -0.2) is 0 Å². The van der Waals surface area contributed by atoms with Crippen molar-refractivity contribution in [2.24, 2.45) is 5.41 Å². The molecule has 0 amide bonds. The van der Waals surface area contributed by atoms with Crippen LogP contribution in [0.25, 0.3) is 0 Å². The molecule has 0 aliphatic heterocycles. The highest BCUT2D eigenvalue weighted by Gasteiger charge is 2.31. The molecule has 84 valence electrons. The molecule has 0 bridgehead atoms. The van der Waals surface area contributed by atoms with Crippen LogP contribution in [0.3, 0.4) is 0 Å². The second-order valence-corrected chi connectivity index (χ2v) is 6.08. The quantitative estimate of drug-likeness (QED) is 0.821. The Morgan fingerprint density at radius 1 is 1.47 bits per heavy atom. The van der Waals surface area contributed by atoms with E-state index in [1.165, 1.54) is 31.2 Å². The molecule has 2 rings (SSSR count). The average molecular weight is 223 g/mol. The Bertz CT molecular complexity index is 289. The van der Waals surface area contributed by atoms with Gasteiger partial charge in [-0.15, -0.1) is 0 Å². The van der Waals surface area contributed by atoms with Crippen molar-refractivity contribution in [3.05, 3.63) is 22.4 Å². The summed E-state index contributed by atoms with van der Waals surface area (Å²) in [5.74, 6) is 0. The van der Waals surface area contributed by atoms with Crippen LogP contribution in [-0.2, 0) is 6.54 Å². The van der Waals surface area contributed by atoms with Gasteiger partial charge >= 0.3 is 0 Å². The lowest BCUT2D eigenvalue weighted by atomic mass is 9.73. The van der Waals surface area contributed by atoms with Gasteiger partial charge in [-0.3, -0.25) is 0 Å². The van der Waals surface area contributed by atoms with Crippen LogP contribution in [0.5, 0.6) is 0 Å². The van der Waals surface area contributed by atoms with Gasteiger partial charge < -0.3 is 5.32 Å². The Morgan fingerprint density at radius 2 is 2.33 bits per heavy atom. The lowest BCUT2D eigenvalue weighted by Gasteiger charge is -2.39. The van der Waals surface area contributed by atoms with Crippen LogP contribution in [0.1, 0.15) is 45.1 Å². The molecule has 0 aromatic carbocycles. The molecule has 1 aliphatic carbocycles. The first kappa shape index (κ1) is 11.2.